The Kier molecular flexibility index (Phi) is 4.59. The van der Waals surface area contributed by atoms with E-state index in [1.54, 1.807) is 6.07 Å². The fraction of sp³-hybridized carbons (Fsp3) is 0.538. The maximum absolute atomic E-state index is 9.21. The monoisotopic (exact) mass is 281 g/mol. The van der Waals surface area contributed by atoms with E-state index in [0.717, 1.165) is 13.0 Å². The number of aliphatic hydroxyl groups excluding tert-OH is 2. The quantitative estimate of drug-likeness (QED) is 0.862. The van der Waals surface area contributed by atoms with Gasteiger partial charge in [-0.2, -0.15) is 5.26 Å². The van der Waals surface area contributed by atoms with Crippen LogP contribution in [-0.4, -0.2) is 41.5 Å². The van der Waals surface area contributed by atoms with Crippen molar-refractivity contribution in [3.05, 3.63) is 22.8 Å². The van der Waals surface area contributed by atoms with Crippen molar-refractivity contribution in [2.45, 2.75) is 6.42 Å². The van der Waals surface area contributed by atoms with Crippen LogP contribution in [0.2, 0.25) is 5.02 Å². The van der Waals surface area contributed by atoms with Crippen LogP contribution < -0.4 is 4.90 Å². The van der Waals surface area contributed by atoms with Gasteiger partial charge < -0.3 is 15.1 Å². The molecule has 1 aliphatic heterocycles. The van der Waals surface area contributed by atoms with E-state index in [1.807, 2.05) is 11.0 Å². The largest absolute Gasteiger partial charge is 0.396 e. The van der Waals surface area contributed by atoms with E-state index in [0.29, 0.717) is 22.9 Å². The van der Waals surface area contributed by atoms with Gasteiger partial charge >= 0.3 is 0 Å². The van der Waals surface area contributed by atoms with E-state index in [9.17, 15) is 10.2 Å². The molecule has 102 valence electrons. The molecule has 2 N–H and O–H groups in total. The highest BCUT2D eigenvalue weighted by Gasteiger charge is 2.30. The summed E-state index contributed by atoms with van der Waals surface area (Å²) in [5, 5.41) is 27.7. The molecule has 0 spiro atoms. The Morgan fingerprint density at radius 2 is 2.26 bits per heavy atom. The van der Waals surface area contributed by atoms with Gasteiger partial charge in [0.05, 0.1) is 10.6 Å². The number of halogens is 1. The summed E-state index contributed by atoms with van der Waals surface area (Å²) in [4.78, 5) is 6.26. The fourth-order valence-electron chi connectivity index (χ4n) is 2.44. The smallest absolute Gasteiger partial charge is 0.147 e. The van der Waals surface area contributed by atoms with Crippen LogP contribution in [0.1, 0.15) is 12.0 Å². The van der Waals surface area contributed by atoms with E-state index in [4.69, 9.17) is 16.9 Å². The lowest BCUT2D eigenvalue weighted by atomic mass is 9.93. The van der Waals surface area contributed by atoms with E-state index in [2.05, 4.69) is 4.98 Å². The first kappa shape index (κ1) is 14.1. The summed E-state index contributed by atoms with van der Waals surface area (Å²) in [6, 6.07) is 3.60. The number of aromatic nitrogens is 1. The average Bonchev–Trinajstić information content (AvgIpc) is 2.89. The van der Waals surface area contributed by atoms with Crippen LogP contribution >= 0.6 is 11.6 Å². The molecular formula is C13H16ClN3O2. The van der Waals surface area contributed by atoms with E-state index >= 15 is 0 Å². The minimum Gasteiger partial charge on any atom is -0.396 e. The van der Waals surface area contributed by atoms with Gasteiger partial charge in [0.1, 0.15) is 11.9 Å². The lowest BCUT2D eigenvalue weighted by Gasteiger charge is -2.21. The summed E-state index contributed by atoms with van der Waals surface area (Å²) in [5.41, 5.74) is 0.438. The molecule has 0 bridgehead atoms. The Morgan fingerprint density at radius 1 is 1.53 bits per heavy atom. The summed E-state index contributed by atoms with van der Waals surface area (Å²) in [6.07, 6.45) is 2.40. The molecule has 19 heavy (non-hydrogen) atoms. The molecule has 6 heteroatoms. The molecule has 1 aliphatic rings. The van der Waals surface area contributed by atoms with Gasteiger partial charge in [0, 0.05) is 38.4 Å². The van der Waals surface area contributed by atoms with Crippen LogP contribution in [0.25, 0.3) is 0 Å². The molecule has 0 amide bonds. The SMILES string of the molecule is N#Cc1cnc(N2CC[C@H](C(CO)CO)C2)c(Cl)c1. The zero-order valence-electron chi connectivity index (χ0n) is 10.5. The van der Waals surface area contributed by atoms with Crippen molar-refractivity contribution >= 4 is 17.4 Å². The first-order valence-electron chi connectivity index (χ1n) is 6.22. The molecule has 1 aromatic heterocycles. The third-order valence-corrected chi connectivity index (χ3v) is 3.89. The van der Waals surface area contributed by atoms with Crippen molar-refractivity contribution in [1.82, 2.24) is 4.98 Å². The van der Waals surface area contributed by atoms with Crippen LogP contribution in [0, 0.1) is 23.2 Å². The van der Waals surface area contributed by atoms with Gasteiger partial charge in [0.2, 0.25) is 0 Å². The summed E-state index contributed by atoms with van der Waals surface area (Å²) in [5.74, 6) is 0.809. The second-order valence-electron chi connectivity index (χ2n) is 4.76. The minimum absolute atomic E-state index is 0.0104. The summed E-state index contributed by atoms with van der Waals surface area (Å²) >= 11 is 6.13. The molecule has 0 aromatic carbocycles. The van der Waals surface area contributed by atoms with Crippen LogP contribution in [0.3, 0.4) is 0 Å². The Bertz CT molecular complexity index is 485. The maximum atomic E-state index is 9.21. The van der Waals surface area contributed by atoms with Gasteiger partial charge in [0.25, 0.3) is 0 Å². The lowest BCUT2D eigenvalue weighted by molar-refractivity contribution is 0.113. The Balaban J connectivity index is 2.11. The Hall–Kier alpha value is -1.35. The third kappa shape index (κ3) is 2.98. The molecule has 2 rings (SSSR count). The predicted octanol–water partition coefficient (Wildman–Crippen LogP) is 1.03. The zero-order valence-corrected chi connectivity index (χ0v) is 11.2. The van der Waals surface area contributed by atoms with Crippen molar-refractivity contribution in [2.24, 2.45) is 11.8 Å². The lowest BCUT2D eigenvalue weighted by Crippen LogP contribution is -2.27. The van der Waals surface area contributed by atoms with Crippen LogP contribution in [-0.2, 0) is 0 Å². The van der Waals surface area contributed by atoms with Crippen molar-refractivity contribution in [1.29, 1.82) is 5.26 Å². The van der Waals surface area contributed by atoms with Gasteiger partial charge in [-0.05, 0) is 18.4 Å². The second-order valence-corrected chi connectivity index (χ2v) is 5.17. The minimum atomic E-state index is -0.0952. The second kappa shape index (κ2) is 6.20. The van der Waals surface area contributed by atoms with Gasteiger partial charge in [-0.3, -0.25) is 0 Å². The number of rotatable bonds is 4. The number of nitriles is 1. The normalized spacial score (nSPS) is 18.9. The molecular weight excluding hydrogens is 266 g/mol. The predicted molar refractivity (Wildman–Crippen MR) is 71.9 cm³/mol. The summed E-state index contributed by atoms with van der Waals surface area (Å²) in [6.45, 7) is 1.48. The number of pyridine rings is 1. The third-order valence-electron chi connectivity index (χ3n) is 3.61. The standard InChI is InChI=1S/C13H16ClN3O2/c14-12-3-9(4-15)5-16-13(12)17-2-1-10(6-17)11(7-18)8-19/h3,5,10-11,18-19H,1-2,6-8H2/t10-/m0/s1. The molecule has 1 atom stereocenters. The van der Waals surface area contributed by atoms with Crippen molar-refractivity contribution in [3.8, 4) is 6.07 Å². The molecule has 0 radical (unpaired) electrons. The van der Waals surface area contributed by atoms with Crippen LogP contribution in [0.15, 0.2) is 12.3 Å². The number of hydrogen-bond donors (Lipinski definition) is 2. The number of nitrogens with zero attached hydrogens (tertiary/aromatic N) is 3. The number of aliphatic hydroxyl groups is 2. The zero-order chi connectivity index (χ0) is 13.8. The van der Waals surface area contributed by atoms with Gasteiger partial charge in [-0.1, -0.05) is 11.6 Å². The topological polar surface area (TPSA) is 80.4 Å². The molecule has 1 saturated heterocycles. The van der Waals surface area contributed by atoms with Crippen molar-refractivity contribution in [3.63, 3.8) is 0 Å². The summed E-state index contributed by atoms with van der Waals surface area (Å²) in [7, 11) is 0. The van der Waals surface area contributed by atoms with Crippen LogP contribution in [0.5, 0.6) is 0 Å². The number of hydrogen-bond acceptors (Lipinski definition) is 5. The van der Waals surface area contributed by atoms with E-state index in [-0.39, 0.29) is 25.0 Å². The highest BCUT2D eigenvalue weighted by Crippen LogP contribution is 2.31. The molecule has 0 saturated carbocycles. The van der Waals surface area contributed by atoms with Gasteiger partial charge in [-0.25, -0.2) is 4.98 Å². The first-order chi connectivity index (χ1) is 9.19. The number of anilines is 1. The molecule has 5 nitrogen and oxygen atoms in total. The van der Waals surface area contributed by atoms with E-state index in [1.165, 1.54) is 6.20 Å². The summed E-state index contributed by atoms with van der Waals surface area (Å²) < 4.78 is 0. The molecule has 1 fully saturated rings. The maximum Gasteiger partial charge on any atom is 0.147 e. The van der Waals surface area contributed by atoms with Crippen molar-refractivity contribution in [2.75, 3.05) is 31.2 Å². The molecule has 0 aliphatic carbocycles. The van der Waals surface area contributed by atoms with Crippen molar-refractivity contribution < 1.29 is 10.2 Å². The molecule has 1 aromatic rings. The van der Waals surface area contributed by atoms with Gasteiger partial charge in [-0.15, -0.1) is 0 Å². The average molecular weight is 282 g/mol. The highest BCUT2D eigenvalue weighted by molar-refractivity contribution is 6.33. The first-order valence-corrected chi connectivity index (χ1v) is 6.59. The van der Waals surface area contributed by atoms with Crippen LogP contribution in [0.4, 0.5) is 5.82 Å². The molecule has 0 unspecified atom stereocenters. The van der Waals surface area contributed by atoms with Gasteiger partial charge in [0.15, 0.2) is 0 Å². The molecule has 2 heterocycles. The fourth-order valence-corrected chi connectivity index (χ4v) is 2.73. The van der Waals surface area contributed by atoms with E-state index < -0.39 is 0 Å². The Morgan fingerprint density at radius 3 is 2.84 bits per heavy atom. The highest BCUT2D eigenvalue weighted by atomic mass is 35.5. The Labute approximate surface area is 117 Å².